The van der Waals surface area contributed by atoms with E-state index >= 15 is 0 Å². The molecule has 1 aromatic rings. The van der Waals surface area contributed by atoms with Crippen LogP contribution in [0, 0.1) is 0 Å². The molecule has 0 radical (unpaired) electrons. The number of carboxylic acid groups (broad SMARTS) is 1. The number of carbonyl (C=O) groups is 2. The van der Waals surface area contributed by atoms with Crippen molar-refractivity contribution in [1.29, 1.82) is 0 Å². The lowest BCUT2D eigenvalue weighted by Gasteiger charge is -2.13. The quantitative estimate of drug-likeness (QED) is 0.842. The summed E-state index contributed by atoms with van der Waals surface area (Å²) >= 11 is 9.06. The Morgan fingerprint density at radius 3 is 2.76 bits per heavy atom. The molecule has 0 aliphatic rings. The van der Waals surface area contributed by atoms with E-state index in [0.717, 1.165) is 0 Å². The molecular formula is C10H8BrClO5. The molecule has 5 nitrogen and oxygen atoms in total. The van der Waals surface area contributed by atoms with Crippen molar-refractivity contribution in [3.05, 3.63) is 21.1 Å². The van der Waals surface area contributed by atoms with Gasteiger partial charge in [0.2, 0.25) is 0 Å². The maximum atomic E-state index is 10.7. The predicted octanol–water partition coefficient (Wildman–Crippen LogP) is 2.39. The standard InChI is InChI=1S/C10H8BrClO5/c1-16-6-2-5(3-13)8(11)9(12)10(6)17-4-7(14)15/h2-3H,4H2,1H3,(H,14,15). The van der Waals surface area contributed by atoms with Gasteiger partial charge >= 0.3 is 5.97 Å². The van der Waals surface area contributed by atoms with E-state index in [0.29, 0.717) is 10.8 Å². The van der Waals surface area contributed by atoms with Crippen molar-refractivity contribution in [2.75, 3.05) is 13.7 Å². The average molecular weight is 324 g/mol. The van der Waals surface area contributed by atoms with Crippen LogP contribution in [0.1, 0.15) is 10.4 Å². The van der Waals surface area contributed by atoms with Gasteiger partial charge in [-0.1, -0.05) is 11.6 Å². The first kappa shape index (κ1) is 13.8. The maximum Gasteiger partial charge on any atom is 0.341 e. The molecule has 1 rings (SSSR count). The van der Waals surface area contributed by atoms with Crippen molar-refractivity contribution >= 4 is 39.8 Å². The third-order valence-corrected chi connectivity index (χ3v) is 3.29. The van der Waals surface area contributed by atoms with Crippen LogP contribution in [0.5, 0.6) is 11.5 Å². The zero-order chi connectivity index (χ0) is 13.0. The first-order chi connectivity index (χ1) is 8.01. The molecule has 0 fully saturated rings. The van der Waals surface area contributed by atoms with Crippen LogP contribution >= 0.6 is 27.5 Å². The second-order valence-corrected chi connectivity index (χ2v) is 4.10. The fourth-order valence-corrected chi connectivity index (χ4v) is 1.76. The number of halogens is 2. The number of methoxy groups -OCH3 is 1. The minimum absolute atomic E-state index is 0.0778. The summed E-state index contributed by atoms with van der Waals surface area (Å²) < 4.78 is 10.3. The van der Waals surface area contributed by atoms with Crippen molar-refractivity contribution in [3.8, 4) is 11.5 Å². The van der Waals surface area contributed by atoms with Gasteiger partial charge in [-0.15, -0.1) is 0 Å². The van der Waals surface area contributed by atoms with E-state index in [9.17, 15) is 9.59 Å². The first-order valence-corrected chi connectivity index (χ1v) is 5.54. The van der Waals surface area contributed by atoms with Gasteiger partial charge in [0.15, 0.2) is 24.4 Å². The van der Waals surface area contributed by atoms with Gasteiger partial charge in [-0.05, 0) is 22.0 Å². The molecule has 0 aromatic heterocycles. The minimum Gasteiger partial charge on any atom is -0.493 e. The van der Waals surface area contributed by atoms with E-state index in [2.05, 4.69) is 15.9 Å². The molecule has 0 aliphatic heterocycles. The Bertz CT molecular complexity index is 460. The topological polar surface area (TPSA) is 72.8 Å². The molecule has 1 N–H and O–H groups in total. The monoisotopic (exact) mass is 322 g/mol. The molecule has 1 aromatic carbocycles. The van der Waals surface area contributed by atoms with E-state index < -0.39 is 12.6 Å². The van der Waals surface area contributed by atoms with Crippen LogP contribution in [-0.4, -0.2) is 31.1 Å². The van der Waals surface area contributed by atoms with E-state index in [1.165, 1.54) is 13.2 Å². The summed E-state index contributed by atoms with van der Waals surface area (Å²) in [5, 5.41) is 8.61. The SMILES string of the molecule is COc1cc(C=O)c(Br)c(Cl)c1OCC(=O)O. The smallest absolute Gasteiger partial charge is 0.341 e. The molecule has 0 saturated heterocycles. The van der Waals surface area contributed by atoms with E-state index in [-0.39, 0.29) is 22.1 Å². The molecule has 0 amide bonds. The summed E-state index contributed by atoms with van der Waals surface area (Å²) in [5.41, 5.74) is 0.287. The Hall–Kier alpha value is -1.27. The minimum atomic E-state index is -1.14. The molecule has 0 unspecified atom stereocenters. The highest BCUT2D eigenvalue weighted by atomic mass is 79.9. The molecule has 0 spiro atoms. The molecule has 17 heavy (non-hydrogen) atoms. The van der Waals surface area contributed by atoms with Crippen LogP contribution in [0.4, 0.5) is 0 Å². The molecule has 0 bridgehead atoms. The summed E-state index contributed by atoms with van der Waals surface area (Å²) in [4.78, 5) is 21.2. The third kappa shape index (κ3) is 3.10. The van der Waals surface area contributed by atoms with Crippen LogP contribution in [0.3, 0.4) is 0 Å². The fraction of sp³-hybridized carbons (Fsp3) is 0.200. The van der Waals surface area contributed by atoms with E-state index in [4.69, 9.17) is 26.2 Å². The number of aldehydes is 1. The molecule has 0 saturated carbocycles. The van der Waals surface area contributed by atoms with Gasteiger partial charge in [0, 0.05) is 5.56 Å². The predicted molar refractivity (Wildman–Crippen MR) is 64.2 cm³/mol. The Labute approximate surface area is 110 Å². The number of benzene rings is 1. The van der Waals surface area contributed by atoms with Gasteiger partial charge in [-0.3, -0.25) is 4.79 Å². The number of ether oxygens (including phenoxy) is 2. The van der Waals surface area contributed by atoms with Gasteiger partial charge in [-0.2, -0.15) is 0 Å². The zero-order valence-corrected chi connectivity index (χ0v) is 11.0. The summed E-state index contributed by atoms with van der Waals surface area (Å²) in [6, 6.07) is 1.40. The molecule has 0 atom stereocenters. The number of carbonyl (C=O) groups excluding carboxylic acids is 1. The van der Waals surface area contributed by atoms with Gasteiger partial charge in [0.05, 0.1) is 11.6 Å². The highest BCUT2D eigenvalue weighted by Crippen LogP contribution is 2.41. The third-order valence-electron chi connectivity index (χ3n) is 1.84. The molecule has 0 heterocycles. The Morgan fingerprint density at radius 2 is 2.29 bits per heavy atom. The fourth-order valence-electron chi connectivity index (χ4n) is 1.11. The summed E-state index contributed by atoms with van der Waals surface area (Å²) in [5.74, 6) is -0.866. The molecular weight excluding hydrogens is 315 g/mol. The number of rotatable bonds is 5. The van der Waals surface area contributed by atoms with Crippen LogP contribution in [0.2, 0.25) is 5.02 Å². The van der Waals surface area contributed by atoms with Crippen molar-refractivity contribution in [3.63, 3.8) is 0 Å². The lowest BCUT2D eigenvalue weighted by molar-refractivity contribution is -0.139. The van der Waals surface area contributed by atoms with Crippen molar-refractivity contribution in [2.45, 2.75) is 0 Å². The zero-order valence-electron chi connectivity index (χ0n) is 8.70. The number of hydrogen-bond donors (Lipinski definition) is 1. The lowest BCUT2D eigenvalue weighted by atomic mass is 10.2. The van der Waals surface area contributed by atoms with E-state index in [1.807, 2.05) is 0 Å². The highest BCUT2D eigenvalue weighted by Gasteiger charge is 2.17. The second-order valence-electron chi connectivity index (χ2n) is 2.93. The highest BCUT2D eigenvalue weighted by molar-refractivity contribution is 9.10. The normalized spacial score (nSPS) is 9.82. The van der Waals surface area contributed by atoms with Gasteiger partial charge < -0.3 is 14.6 Å². The maximum absolute atomic E-state index is 10.7. The Balaban J connectivity index is 3.22. The summed E-state index contributed by atoms with van der Waals surface area (Å²) in [6.07, 6.45) is 0.597. The molecule has 0 aliphatic carbocycles. The lowest BCUT2D eigenvalue weighted by Crippen LogP contribution is -2.10. The molecule has 92 valence electrons. The van der Waals surface area contributed by atoms with Gasteiger partial charge in [0.1, 0.15) is 5.02 Å². The number of hydrogen-bond acceptors (Lipinski definition) is 4. The number of carboxylic acids is 1. The van der Waals surface area contributed by atoms with Crippen LogP contribution < -0.4 is 9.47 Å². The second kappa shape index (κ2) is 5.88. The summed E-state index contributed by atoms with van der Waals surface area (Å²) in [7, 11) is 1.36. The molecule has 7 heteroatoms. The summed E-state index contributed by atoms with van der Waals surface area (Å²) in [6.45, 7) is -0.553. The van der Waals surface area contributed by atoms with Crippen LogP contribution in [0.25, 0.3) is 0 Å². The van der Waals surface area contributed by atoms with E-state index in [1.54, 1.807) is 0 Å². The van der Waals surface area contributed by atoms with Crippen LogP contribution in [0.15, 0.2) is 10.5 Å². The Kier molecular flexibility index (Phi) is 4.77. The van der Waals surface area contributed by atoms with Crippen LogP contribution in [-0.2, 0) is 4.79 Å². The first-order valence-electron chi connectivity index (χ1n) is 4.37. The van der Waals surface area contributed by atoms with Crippen molar-refractivity contribution < 1.29 is 24.2 Å². The van der Waals surface area contributed by atoms with Gasteiger partial charge in [-0.25, -0.2) is 4.79 Å². The average Bonchev–Trinajstić information content (AvgIpc) is 2.30. The number of aliphatic carboxylic acids is 1. The van der Waals surface area contributed by atoms with Crippen molar-refractivity contribution in [1.82, 2.24) is 0 Å². The largest absolute Gasteiger partial charge is 0.493 e. The van der Waals surface area contributed by atoms with Crippen molar-refractivity contribution in [2.24, 2.45) is 0 Å². The Morgan fingerprint density at radius 1 is 1.65 bits per heavy atom. The van der Waals surface area contributed by atoms with Gasteiger partial charge in [0.25, 0.3) is 0 Å².